The van der Waals surface area contributed by atoms with Gasteiger partial charge in [-0.2, -0.15) is 0 Å². The third kappa shape index (κ3) is 3.09. The van der Waals surface area contributed by atoms with Crippen LogP contribution in [0.5, 0.6) is 5.75 Å². The van der Waals surface area contributed by atoms with E-state index >= 15 is 0 Å². The van der Waals surface area contributed by atoms with Gasteiger partial charge in [-0.15, -0.1) is 0 Å². The highest BCUT2D eigenvalue weighted by Gasteiger charge is 2.05. The van der Waals surface area contributed by atoms with Gasteiger partial charge >= 0.3 is 0 Å². The number of nitrogens with zero attached hydrogens (tertiary/aromatic N) is 1. The first-order valence-electron chi connectivity index (χ1n) is 7.27. The molecule has 0 aliphatic heterocycles. The molecule has 0 saturated heterocycles. The zero-order valence-electron chi connectivity index (χ0n) is 12.3. The maximum atomic E-state index is 5.77. The summed E-state index contributed by atoms with van der Waals surface area (Å²) in [7, 11) is 1.98. The first-order valence-corrected chi connectivity index (χ1v) is 7.27. The standard InChI is InChI=1S/C18H20N2O/c1-19-14-15-6-5-9-18-17(15)10-11-20(18)12-13-21-16-7-3-2-4-8-16/h2-11,19H,12-14H2,1H3. The molecule has 0 atom stereocenters. The molecule has 3 nitrogen and oxygen atoms in total. The van der Waals surface area contributed by atoms with Gasteiger partial charge in [0.1, 0.15) is 12.4 Å². The van der Waals surface area contributed by atoms with Gasteiger partial charge in [0.25, 0.3) is 0 Å². The van der Waals surface area contributed by atoms with Crippen LogP contribution >= 0.6 is 0 Å². The highest BCUT2D eigenvalue weighted by Crippen LogP contribution is 2.20. The Kier molecular flexibility index (Phi) is 4.22. The van der Waals surface area contributed by atoms with Gasteiger partial charge in [-0.1, -0.05) is 30.3 Å². The molecule has 108 valence electrons. The number of fused-ring (bicyclic) bond motifs is 1. The number of hydrogen-bond acceptors (Lipinski definition) is 2. The van der Waals surface area contributed by atoms with Gasteiger partial charge in [-0.05, 0) is 36.9 Å². The molecule has 0 fully saturated rings. The van der Waals surface area contributed by atoms with E-state index < -0.39 is 0 Å². The Morgan fingerprint density at radius 3 is 2.67 bits per heavy atom. The lowest BCUT2D eigenvalue weighted by atomic mass is 10.1. The molecule has 0 unspecified atom stereocenters. The number of benzene rings is 2. The lowest BCUT2D eigenvalue weighted by Crippen LogP contribution is -2.08. The number of rotatable bonds is 6. The molecule has 1 N–H and O–H groups in total. The second-order valence-corrected chi connectivity index (χ2v) is 5.05. The van der Waals surface area contributed by atoms with Crippen LogP contribution in [0.25, 0.3) is 10.9 Å². The summed E-state index contributed by atoms with van der Waals surface area (Å²) in [6.45, 7) is 2.41. The third-order valence-corrected chi connectivity index (χ3v) is 3.62. The predicted octanol–water partition coefficient (Wildman–Crippen LogP) is 3.44. The van der Waals surface area contributed by atoms with Crippen LogP contribution in [0.15, 0.2) is 60.8 Å². The fourth-order valence-electron chi connectivity index (χ4n) is 2.61. The summed E-state index contributed by atoms with van der Waals surface area (Å²) in [5, 5.41) is 4.53. The van der Waals surface area contributed by atoms with Crippen LogP contribution in [0.1, 0.15) is 5.56 Å². The van der Waals surface area contributed by atoms with Crippen molar-refractivity contribution < 1.29 is 4.74 Å². The molecule has 0 aliphatic carbocycles. The van der Waals surface area contributed by atoms with E-state index in [-0.39, 0.29) is 0 Å². The van der Waals surface area contributed by atoms with Gasteiger partial charge in [0, 0.05) is 23.6 Å². The van der Waals surface area contributed by atoms with E-state index in [1.807, 2.05) is 37.4 Å². The van der Waals surface area contributed by atoms with Crippen LogP contribution in [-0.4, -0.2) is 18.2 Å². The van der Waals surface area contributed by atoms with Crippen LogP contribution < -0.4 is 10.1 Å². The molecular formula is C18H20N2O. The smallest absolute Gasteiger partial charge is 0.119 e. The number of para-hydroxylation sites is 1. The average Bonchev–Trinajstić information content (AvgIpc) is 2.93. The topological polar surface area (TPSA) is 26.2 Å². The summed E-state index contributed by atoms with van der Waals surface area (Å²) >= 11 is 0. The molecule has 2 aromatic carbocycles. The Labute approximate surface area is 125 Å². The molecule has 0 bridgehead atoms. The molecule has 3 heteroatoms. The van der Waals surface area contributed by atoms with Crippen molar-refractivity contribution in [1.29, 1.82) is 0 Å². The summed E-state index contributed by atoms with van der Waals surface area (Å²) in [6, 6.07) is 18.6. The van der Waals surface area contributed by atoms with E-state index in [1.54, 1.807) is 0 Å². The van der Waals surface area contributed by atoms with Gasteiger partial charge in [-0.25, -0.2) is 0 Å². The van der Waals surface area contributed by atoms with E-state index in [9.17, 15) is 0 Å². The lowest BCUT2D eigenvalue weighted by Gasteiger charge is -2.09. The summed E-state index contributed by atoms with van der Waals surface area (Å²) in [5.74, 6) is 0.921. The van der Waals surface area contributed by atoms with Crippen molar-refractivity contribution in [2.75, 3.05) is 13.7 Å². The monoisotopic (exact) mass is 280 g/mol. The van der Waals surface area contributed by atoms with E-state index in [1.165, 1.54) is 16.5 Å². The summed E-state index contributed by atoms with van der Waals surface area (Å²) in [6.07, 6.45) is 2.14. The molecule has 0 spiro atoms. The number of ether oxygens (including phenoxy) is 1. The molecular weight excluding hydrogens is 260 g/mol. The largest absolute Gasteiger partial charge is 0.492 e. The lowest BCUT2D eigenvalue weighted by molar-refractivity contribution is 0.300. The van der Waals surface area contributed by atoms with Crippen LogP contribution in [0.4, 0.5) is 0 Å². The first-order chi connectivity index (χ1) is 10.4. The van der Waals surface area contributed by atoms with E-state index in [4.69, 9.17) is 4.74 Å². The Bertz CT molecular complexity index is 704. The summed E-state index contributed by atoms with van der Waals surface area (Å²) in [4.78, 5) is 0. The zero-order valence-corrected chi connectivity index (χ0v) is 12.3. The molecule has 3 rings (SSSR count). The van der Waals surface area contributed by atoms with Crippen molar-refractivity contribution in [1.82, 2.24) is 9.88 Å². The Morgan fingerprint density at radius 1 is 1.00 bits per heavy atom. The highest BCUT2D eigenvalue weighted by atomic mass is 16.5. The van der Waals surface area contributed by atoms with Gasteiger partial charge in [0.15, 0.2) is 0 Å². The van der Waals surface area contributed by atoms with Gasteiger partial charge in [-0.3, -0.25) is 0 Å². The van der Waals surface area contributed by atoms with Crippen molar-refractivity contribution >= 4 is 10.9 Å². The van der Waals surface area contributed by atoms with Gasteiger partial charge < -0.3 is 14.6 Å². The number of nitrogens with one attached hydrogen (secondary N) is 1. The fourth-order valence-corrected chi connectivity index (χ4v) is 2.61. The average molecular weight is 280 g/mol. The van der Waals surface area contributed by atoms with Crippen molar-refractivity contribution in [3.63, 3.8) is 0 Å². The van der Waals surface area contributed by atoms with Crippen molar-refractivity contribution in [2.24, 2.45) is 0 Å². The van der Waals surface area contributed by atoms with Crippen LogP contribution in [0, 0.1) is 0 Å². The Morgan fingerprint density at radius 2 is 1.86 bits per heavy atom. The highest BCUT2D eigenvalue weighted by molar-refractivity contribution is 5.83. The molecule has 3 aromatic rings. The normalized spacial score (nSPS) is 10.9. The minimum Gasteiger partial charge on any atom is -0.492 e. The second kappa shape index (κ2) is 6.46. The zero-order chi connectivity index (χ0) is 14.5. The van der Waals surface area contributed by atoms with E-state index in [0.29, 0.717) is 6.61 Å². The number of hydrogen-bond donors (Lipinski definition) is 1. The van der Waals surface area contributed by atoms with Crippen LogP contribution in [-0.2, 0) is 13.1 Å². The summed E-state index contributed by atoms with van der Waals surface area (Å²) in [5.41, 5.74) is 2.59. The third-order valence-electron chi connectivity index (χ3n) is 3.62. The first kappa shape index (κ1) is 13.7. The molecule has 0 radical (unpaired) electrons. The quantitative estimate of drug-likeness (QED) is 0.748. The van der Waals surface area contributed by atoms with E-state index in [2.05, 4.69) is 40.3 Å². The van der Waals surface area contributed by atoms with Crippen LogP contribution in [0.2, 0.25) is 0 Å². The molecule has 0 aliphatic rings. The van der Waals surface area contributed by atoms with Crippen molar-refractivity contribution in [3.05, 3.63) is 66.4 Å². The predicted molar refractivity (Wildman–Crippen MR) is 86.6 cm³/mol. The molecule has 0 saturated carbocycles. The molecule has 1 heterocycles. The minimum atomic E-state index is 0.671. The van der Waals surface area contributed by atoms with Crippen molar-refractivity contribution in [3.8, 4) is 5.75 Å². The second-order valence-electron chi connectivity index (χ2n) is 5.05. The number of aromatic nitrogens is 1. The summed E-state index contributed by atoms with van der Waals surface area (Å²) < 4.78 is 8.02. The fraction of sp³-hybridized carbons (Fsp3) is 0.222. The Hall–Kier alpha value is -2.26. The van der Waals surface area contributed by atoms with E-state index in [0.717, 1.165) is 18.8 Å². The minimum absolute atomic E-state index is 0.671. The molecule has 21 heavy (non-hydrogen) atoms. The molecule has 0 amide bonds. The maximum Gasteiger partial charge on any atom is 0.119 e. The van der Waals surface area contributed by atoms with Gasteiger partial charge in [0.05, 0.1) is 6.54 Å². The van der Waals surface area contributed by atoms with Crippen molar-refractivity contribution in [2.45, 2.75) is 13.1 Å². The van der Waals surface area contributed by atoms with Crippen LogP contribution in [0.3, 0.4) is 0 Å². The molecule has 1 aromatic heterocycles. The Balaban J connectivity index is 1.71. The maximum absolute atomic E-state index is 5.77. The van der Waals surface area contributed by atoms with Gasteiger partial charge in [0.2, 0.25) is 0 Å². The SMILES string of the molecule is CNCc1cccc2c1ccn2CCOc1ccccc1.